The van der Waals surface area contributed by atoms with Gasteiger partial charge in [-0.3, -0.25) is 19.4 Å². The largest absolute Gasteiger partial charge is 0.480 e. The minimum atomic E-state index is -4.08. The van der Waals surface area contributed by atoms with Crippen molar-refractivity contribution in [1.29, 1.82) is 0 Å². The van der Waals surface area contributed by atoms with Crippen LogP contribution in [-0.4, -0.2) is 62.9 Å². The van der Waals surface area contributed by atoms with Crippen molar-refractivity contribution in [3.8, 4) is 0 Å². The topological polar surface area (TPSA) is 206 Å². The number of benzene rings is 1. The number of aliphatic imine (C=N–C) groups is 1. The maximum atomic E-state index is 12.4. The Kier molecular flexibility index (Phi) is 10.9. The summed E-state index contributed by atoms with van der Waals surface area (Å²) in [4.78, 5) is 39.9. The van der Waals surface area contributed by atoms with Crippen molar-refractivity contribution in [2.45, 2.75) is 49.5 Å². The Morgan fingerprint density at radius 1 is 1.06 bits per heavy atom. The van der Waals surface area contributed by atoms with E-state index < -0.39 is 34.4 Å². The molecule has 0 bridgehead atoms. The van der Waals surface area contributed by atoms with E-state index in [4.69, 9.17) is 11.5 Å². The van der Waals surface area contributed by atoms with Crippen molar-refractivity contribution in [1.82, 2.24) is 15.4 Å². The molecule has 0 heterocycles. The number of carboxylic acid groups (broad SMARTS) is 1. The molecule has 1 atom stereocenters. The van der Waals surface area contributed by atoms with Crippen LogP contribution in [0.25, 0.3) is 0 Å². The Morgan fingerprint density at radius 2 is 1.71 bits per heavy atom. The Hall–Kier alpha value is -3.19. The molecule has 12 nitrogen and oxygen atoms in total. The number of amides is 2. The summed E-state index contributed by atoms with van der Waals surface area (Å²) in [7, 11) is -4.08. The number of sulfonamides is 1. The molecule has 194 valence electrons. The van der Waals surface area contributed by atoms with Crippen LogP contribution in [0.1, 0.15) is 38.5 Å². The highest BCUT2D eigenvalue weighted by molar-refractivity contribution is 7.89. The van der Waals surface area contributed by atoms with Crippen LogP contribution in [0.3, 0.4) is 0 Å². The molecule has 0 spiro atoms. The molecule has 0 radical (unpaired) electrons. The Bertz CT molecular complexity index is 989. The first-order valence-corrected chi connectivity index (χ1v) is 13.0. The van der Waals surface area contributed by atoms with Crippen LogP contribution in [0, 0.1) is 11.8 Å². The lowest BCUT2D eigenvalue weighted by Crippen LogP contribution is -2.44. The van der Waals surface area contributed by atoms with Crippen LogP contribution in [0.2, 0.25) is 0 Å². The lowest BCUT2D eigenvalue weighted by atomic mass is 9.81. The molecule has 8 N–H and O–H groups in total. The van der Waals surface area contributed by atoms with Gasteiger partial charge in [0.15, 0.2) is 5.96 Å². The van der Waals surface area contributed by atoms with Crippen molar-refractivity contribution >= 4 is 33.8 Å². The molecule has 2 amide bonds. The van der Waals surface area contributed by atoms with E-state index in [1.807, 2.05) is 0 Å². The van der Waals surface area contributed by atoms with Crippen molar-refractivity contribution in [3.63, 3.8) is 0 Å². The molecule has 35 heavy (non-hydrogen) atoms. The molecule has 0 saturated heterocycles. The zero-order valence-electron chi connectivity index (χ0n) is 19.5. The molecule has 2 rings (SSSR count). The van der Waals surface area contributed by atoms with E-state index >= 15 is 0 Å². The smallest absolute Gasteiger partial charge is 0.322 e. The Balaban J connectivity index is 1.72. The van der Waals surface area contributed by atoms with Gasteiger partial charge in [0.1, 0.15) is 6.04 Å². The van der Waals surface area contributed by atoms with Gasteiger partial charge < -0.3 is 27.2 Å². The molecule has 1 fully saturated rings. The molecule has 0 aliphatic heterocycles. The molecule has 1 aliphatic rings. The van der Waals surface area contributed by atoms with Gasteiger partial charge in [-0.25, -0.2) is 8.42 Å². The molecule has 0 aromatic heterocycles. The highest BCUT2D eigenvalue weighted by atomic mass is 32.2. The first kappa shape index (κ1) is 28.1. The van der Waals surface area contributed by atoms with Crippen molar-refractivity contribution in [2.75, 3.05) is 19.6 Å². The first-order valence-electron chi connectivity index (χ1n) is 11.5. The highest BCUT2D eigenvalue weighted by Crippen LogP contribution is 2.28. The summed E-state index contributed by atoms with van der Waals surface area (Å²) in [5.41, 5.74) is 10.5. The van der Waals surface area contributed by atoms with Crippen molar-refractivity contribution in [2.24, 2.45) is 28.3 Å². The summed E-state index contributed by atoms with van der Waals surface area (Å²) in [6, 6.07) is 5.76. The number of guanidine groups is 1. The molecule has 0 unspecified atom stereocenters. The number of hydrogen-bond donors (Lipinski definition) is 6. The number of carbonyl (C=O) groups is 3. The van der Waals surface area contributed by atoms with Gasteiger partial charge in [0.2, 0.25) is 21.8 Å². The fourth-order valence-electron chi connectivity index (χ4n) is 3.82. The lowest BCUT2D eigenvalue weighted by molar-refractivity contribution is -0.141. The first-order chi connectivity index (χ1) is 16.6. The van der Waals surface area contributed by atoms with E-state index in [1.54, 1.807) is 6.07 Å². The van der Waals surface area contributed by atoms with Crippen molar-refractivity contribution in [3.05, 3.63) is 30.3 Å². The SMILES string of the molecule is NC(N)=NCCCNC(=O)C1CCC(CNC(=O)C[C@H](NS(=O)(=O)c2ccccc2)C(=O)O)CC1. The van der Waals surface area contributed by atoms with Crippen molar-refractivity contribution < 1.29 is 27.9 Å². The molecule has 1 aliphatic carbocycles. The van der Waals surface area contributed by atoms with Gasteiger partial charge in [-0.2, -0.15) is 4.72 Å². The minimum Gasteiger partial charge on any atom is -0.480 e. The predicted molar refractivity (Wildman–Crippen MR) is 130 cm³/mol. The molecule has 1 saturated carbocycles. The minimum absolute atomic E-state index is 0.00724. The van der Waals surface area contributed by atoms with Gasteiger partial charge in [0.05, 0.1) is 11.3 Å². The zero-order valence-corrected chi connectivity index (χ0v) is 20.3. The van der Waals surface area contributed by atoms with E-state index in [1.165, 1.54) is 24.3 Å². The van der Waals surface area contributed by atoms with Crippen LogP contribution in [0.4, 0.5) is 0 Å². The van der Waals surface area contributed by atoms with Gasteiger partial charge in [-0.15, -0.1) is 0 Å². The van der Waals surface area contributed by atoms with Gasteiger partial charge in [0.25, 0.3) is 0 Å². The Labute approximate surface area is 205 Å². The van der Waals surface area contributed by atoms with Crippen LogP contribution in [0.15, 0.2) is 40.2 Å². The third-order valence-electron chi connectivity index (χ3n) is 5.77. The Morgan fingerprint density at radius 3 is 2.31 bits per heavy atom. The second-order valence-corrected chi connectivity index (χ2v) is 10.2. The molecule has 1 aromatic rings. The molecular formula is C22H34N6O6S. The second-order valence-electron chi connectivity index (χ2n) is 8.50. The number of nitrogens with one attached hydrogen (secondary N) is 3. The lowest BCUT2D eigenvalue weighted by Gasteiger charge is -2.28. The number of carbonyl (C=O) groups excluding carboxylic acids is 2. The maximum Gasteiger partial charge on any atom is 0.322 e. The summed E-state index contributed by atoms with van der Waals surface area (Å²) in [6.45, 7) is 1.28. The summed E-state index contributed by atoms with van der Waals surface area (Å²) < 4.78 is 26.9. The third-order valence-corrected chi connectivity index (χ3v) is 7.26. The monoisotopic (exact) mass is 510 g/mol. The van der Waals surface area contributed by atoms with Crippen LogP contribution in [0.5, 0.6) is 0 Å². The summed E-state index contributed by atoms with van der Waals surface area (Å²) in [5, 5.41) is 15.0. The van der Waals surface area contributed by atoms with E-state index in [0.717, 1.165) is 12.8 Å². The number of hydrogen-bond acceptors (Lipinski definition) is 6. The van der Waals surface area contributed by atoms with Crippen LogP contribution in [-0.2, 0) is 24.4 Å². The van der Waals surface area contributed by atoms with E-state index in [0.29, 0.717) is 38.9 Å². The van der Waals surface area contributed by atoms with Gasteiger partial charge in [-0.05, 0) is 50.2 Å². The van der Waals surface area contributed by atoms with Gasteiger partial charge >= 0.3 is 5.97 Å². The van der Waals surface area contributed by atoms with Crippen LogP contribution < -0.4 is 26.8 Å². The van der Waals surface area contributed by atoms with E-state index in [2.05, 4.69) is 20.3 Å². The average molecular weight is 511 g/mol. The van der Waals surface area contributed by atoms with E-state index in [9.17, 15) is 27.9 Å². The fraction of sp³-hybridized carbons (Fsp3) is 0.545. The van der Waals surface area contributed by atoms with Gasteiger partial charge in [0, 0.05) is 25.6 Å². The zero-order chi connectivity index (χ0) is 25.8. The normalized spacial score (nSPS) is 18.7. The number of aliphatic carboxylic acids is 1. The third kappa shape index (κ3) is 9.91. The van der Waals surface area contributed by atoms with Gasteiger partial charge in [-0.1, -0.05) is 18.2 Å². The average Bonchev–Trinajstić information content (AvgIpc) is 2.82. The standard InChI is InChI=1S/C22H34N6O6S/c23-22(24)26-12-4-11-25-20(30)16-9-7-15(8-10-16)14-27-19(29)13-18(21(31)32)28-35(33,34)17-5-2-1-3-6-17/h1-3,5-6,15-16,18,28H,4,7-14H2,(H,25,30)(H,27,29)(H,31,32)(H4,23,24,26)/t15?,16?,18-/m0/s1. The maximum absolute atomic E-state index is 12.4. The quantitative estimate of drug-likeness (QED) is 0.116. The molecular weight excluding hydrogens is 476 g/mol. The number of carboxylic acids is 1. The fourth-order valence-corrected chi connectivity index (χ4v) is 5.03. The van der Waals surface area contributed by atoms with Crippen LogP contribution >= 0.6 is 0 Å². The molecule has 13 heteroatoms. The highest BCUT2D eigenvalue weighted by Gasteiger charge is 2.29. The summed E-state index contributed by atoms with van der Waals surface area (Å²) in [6.07, 6.45) is 2.98. The summed E-state index contributed by atoms with van der Waals surface area (Å²) in [5.74, 6) is -1.91. The van der Waals surface area contributed by atoms with E-state index in [-0.39, 0.29) is 28.6 Å². The number of nitrogens with zero attached hydrogens (tertiary/aromatic N) is 1. The second kappa shape index (κ2) is 13.6. The predicted octanol–water partition coefficient (Wildman–Crippen LogP) is -0.489. The number of nitrogens with two attached hydrogens (primary N) is 2. The number of rotatable bonds is 13. The molecule has 1 aromatic carbocycles. The summed E-state index contributed by atoms with van der Waals surface area (Å²) >= 11 is 0.